The second-order valence-corrected chi connectivity index (χ2v) is 25.3. The monoisotopic (exact) mass is 538 g/mol. The summed E-state index contributed by atoms with van der Waals surface area (Å²) in [5, 5.41) is 0. The Bertz CT molecular complexity index is 337. The first-order valence-electron chi connectivity index (χ1n) is 12.7. The molecule has 2 nitrogen and oxygen atoms in total. The van der Waals surface area contributed by atoms with Crippen LogP contribution in [0.1, 0.15) is 110 Å². The summed E-state index contributed by atoms with van der Waals surface area (Å²) in [4.78, 5) is 5.82. The third-order valence-electron chi connectivity index (χ3n) is 4.80. The molecule has 0 fully saturated rings. The van der Waals surface area contributed by atoms with E-state index in [0.717, 1.165) is 0 Å². The van der Waals surface area contributed by atoms with Gasteiger partial charge in [-0.05, 0) is 0 Å². The number of hydrogen-bond donors (Lipinski definition) is 2. The van der Waals surface area contributed by atoms with Crippen LogP contribution in [-0.2, 0) is 0 Å². The van der Waals surface area contributed by atoms with Gasteiger partial charge < -0.3 is 0 Å². The average molecular weight is 540 g/mol. The Labute approximate surface area is 204 Å². The van der Waals surface area contributed by atoms with Crippen molar-refractivity contribution in [2.45, 2.75) is 130 Å². The molecule has 0 amide bonds. The van der Waals surface area contributed by atoms with Gasteiger partial charge in [-0.1, -0.05) is 0 Å². The van der Waals surface area contributed by atoms with Crippen LogP contribution in [0.2, 0.25) is 19.9 Å². The van der Waals surface area contributed by atoms with Gasteiger partial charge in [0.1, 0.15) is 0 Å². The molecule has 2 N–H and O–H groups in total. The van der Waals surface area contributed by atoms with Crippen molar-refractivity contribution in [3.63, 3.8) is 0 Å². The quantitative estimate of drug-likeness (QED) is 0.274. The Morgan fingerprint density at radius 2 is 0.633 bits per heavy atom. The van der Waals surface area contributed by atoms with E-state index in [-0.39, 0.29) is 0 Å². The van der Waals surface area contributed by atoms with Crippen LogP contribution in [0.15, 0.2) is 0 Å². The van der Waals surface area contributed by atoms with Gasteiger partial charge in [0.25, 0.3) is 0 Å². The molecule has 0 aromatic heterocycles. The molecule has 0 aliphatic carbocycles. The van der Waals surface area contributed by atoms with Gasteiger partial charge >= 0.3 is 205 Å². The predicted molar refractivity (Wildman–Crippen MR) is 145 cm³/mol. The van der Waals surface area contributed by atoms with E-state index < -0.39 is 32.9 Å². The summed E-state index contributed by atoms with van der Waals surface area (Å²) in [7, 11) is 0. The number of nitrogens with one attached hydrogen (secondary N) is 2. The second kappa shape index (κ2) is 15.2. The molecule has 0 saturated carbocycles. The SMILES string of the molecule is CCC[NH][Ga]([CH2]C(C)(C)C)[CH2]C(C)(C)C.CCC[NH][Ga]([CH2]C(C)(C)C)[CH2]C(C)(C)C. The van der Waals surface area contributed by atoms with Gasteiger partial charge in [0, 0.05) is 0 Å². The molecule has 0 spiro atoms. The minimum absolute atomic E-state index is 0.511. The standard InChI is InChI=1S/4C5H11.2C3H8N.2Ga/c4*1-5(2,3)4;2*1-2-3-4;;/h4*1H2,2-4H3;2*4H,2-3H2,1H3;;/q;;;;2*-1;2*+1. The van der Waals surface area contributed by atoms with Crippen molar-refractivity contribution in [1.82, 2.24) is 8.05 Å². The number of rotatable bonds is 10. The van der Waals surface area contributed by atoms with E-state index in [1.165, 1.54) is 45.8 Å². The van der Waals surface area contributed by atoms with E-state index in [0.29, 0.717) is 21.7 Å². The van der Waals surface area contributed by atoms with Gasteiger partial charge in [-0.25, -0.2) is 0 Å². The molecular formula is C26H60Ga2N2. The Hall–Kier alpha value is 1.19. The van der Waals surface area contributed by atoms with E-state index in [1.807, 2.05) is 0 Å². The molecule has 180 valence electrons. The molecule has 0 aromatic carbocycles. The normalized spacial score (nSPS) is 13.0. The predicted octanol–water partition coefficient (Wildman–Crippen LogP) is 8.14. The van der Waals surface area contributed by atoms with Crippen LogP contribution >= 0.6 is 0 Å². The van der Waals surface area contributed by atoms with Crippen molar-refractivity contribution in [2.75, 3.05) is 13.1 Å². The van der Waals surface area contributed by atoms with Crippen LogP contribution in [0.5, 0.6) is 0 Å². The molecule has 0 heterocycles. The Kier molecular flexibility index (Phi) is 16.9. The molecule has 0 radical (unpaired) electrons. The van der Waals surface area contributed by atoms with Crippen LogP contribution in [0.25, 0.3) is 0 Å². The Morgan fingerprint density at radius 1 is 0.433 bits per heavy atom. The summed E-state index contributed by atoms with van der Waals surface area (Å²) >= 11 is -2.50. The van der Waals surface area contributed by atoms with E-state index in [9.17, 15) is 0 Å². The van der Waals surface area contributed by atoms with Gasteiger partial charge in [0.2, 0.25) is 0 Å². The van der Waals surface area contributed by atoms with E-state index >= 15 is 0 Å². The third-order valence-corrected chi connectivity index (χ3v) is 22.8. The van der Waals surface area contributed by atoms with Crippen molar-refractivity contribution in [2.24, 2.45) is 21.7 Å². The molecule has 0 rings (SSSR count). The number of hydrogen-bond acceptors (Lipinski definition) is 2. The van der Waals surface area contributed by atoms with Gasteiger partial charge in [-0.15, -0.1) is 0 Å². The first kappa shape index (κ1) is 33.4. The summed E-state index contributed by atoms with van der Waals surface area (Å²) < 4.78 is 7.74. The molecule has 4 heteroatoms. The Balaban J connectivity index is 0. The van der Waals surface area contributed by atoms with Crippen molar-refractivity contribution in [3.05, 3.63) is 0 Å². The zero-order valence-corrected chi connectivity index (χ0v) is 28.7. The fourth-order valence-electron chi connectivity index (χ4n) is 4.09. The molecule has 0 aromatic rings. The van der Waals surface area contributed by atoms with Gasteiger partial charge in [-0.2, -0.15) is 0 Å². The van der Waals surface area contributed by atoms with Crippen LogP contribution in [0, 0.1) is 21.7 Å². The summed E-state index contributed by atoms with van der Waals surface area (Å²) in [5.74, 6) is 0. The molecule has 30 heavy (non-hydrogen) atoms. The minimum atomic E-state index is -1.25. The summed E-state index contributed by atoms with van der Waals surface area (Å²) in [6.45, 7) is 35.5. The first-order chi connectivity index (χ1) is 13.3. The van der Waals surface area contributed by atoms with Crippen LogP contribution in [0.4, 0.5) is 0 Å². The van der Waals surface area contributed by atoms with Crippen molar-refractivity contribution >= 4 is 32.9 Å². The zero-order valence-electron chi connectivity index (χ0n) is 23.8. The maximum atomic E-state index is 3.87. The van der Waals surface area contributed by atoms with Crippen molar-refractivity contribution in [3.8, 4) is 0 Å². The molecular weight excluding hydrogens is 480 g/mol. The van der Waals surface area contributed by atoms with E-state index in [1.54, 1.807) is 0 Å². The van der Waals surface area contributed by atoms with Crippen LogP contribution in [0.3, 0.4) is 0 Å². The summed E-state index contributed by atoms with van der Waals surface area (Å²) in [5.41, 5.74) is 2.04. The average Bonchev–Trinajstić information content (AvgIpc) is 2.44. The zero-order chi connectivity index (χ0) is 24.2. The summed E-state index contributed by atoms with van der Waals surface area (Å²) in [6, 6.07) is 0. The first-order valence-corrected chi connectivity index (χ1v) is 22.0. The molecule has 0 atom stereocenters. The van der Waals surface area contributed by atoms with Crippen molar-refractivity contribution in [1.29, 1.82) is 0 Å². The van der Waals surface area contributed by atoms with E-state index in [2.05, 4.69) is 105 Å². The molecule has 0 bridgehead atoms. The molecule has 0 saturated heterocycles. The van der Waals surface area contributed by atoms with Crippen LogP contribution in [-0.4, -0.2) is 46.0 Å². The molecule has 0 unspecified atom stereocenters. The van der Waals surface area contributed by atoms with Crippen molar-refractivity contribution < 1.29 is 0 Å². The Morgan fingerprint density at radius 3 is 0.767 bits per heavy atom. The molecule has 0 aliphatic heterocycles. The molecule has 0 aliphatic rings. The third kappa shape index (κ3) is 27.2. The van der Waals surface area contributed by atoms with Crippen LogP contribution < -0.4 is 8.05 Å². The van der Waals surface area contributed by atoms with Gasteiger partial charge in [0.15, 0.2) is 0 Å². The fraction of sp³-hybridized carbons (Fsp3) is 1.00. The maximum absolute atomic E-state index is 3.87. The second-order valence-electron chi connectivity index (χ2n) is 14.4. The fourth-order valence-corrected chi connectivity index (χ4v) is 21.2. The van der Waals surface area contributed by atoms with Gasteiger partial charge in [-0.3, -0.25) is 0 Å². The van der Waals surface area contributed by atoms with Gasteiger partial charge in [0.05, 0.1) is 0 Å². The van der Waals surface area contributed by atoms with E-state index in [4.69, 9.17) is 0 Å². The summed E-state index contributed by atoms with van der Waals surface area (Å²) in [6.07, 6.45) is 2.55. The topological polar surface area (TPSA) is 24.1 Å².